The Hall–Kier alpha value is -0.0400. The van der Waals surface area contributed by atoms with E-state index in [9.17, 15) is 0 Å². The maximum atomic E-state index is 5.63. The van der Waals surface area contributed by atoms with Crippen LogP contribution in [0.3, 0.4) is 0 Å². The van der Waals surface area contributed by atoms with Gasteiger partial charge >= 0.3 is 0 Å². The maximum absolute atomic E-state index is 5.63. The molecule has 2 fully saturated rings. The molecule has 0 amide bonds. The summed E-state index contributed by atoms with van der Waals surface area (Å²) in [5.41, 5.74) is 0. The molecule has 1 saturated carbocycles. The number of rotatable bonds is 3. The Labute approximate surface area is 75.5 Å². The van der Waals surface area contributed by atoms with Gasteiger partial charge in [0.2, 0.25) is 0 Å². The molecule has 0 bridgehead atoms. The van der Waals surface area contributed by atoms with Gasteiger partial charge in [-0.15, -0.1) is 0 Å². The van der Waals surface area contributed by atoms with Crippen LogP contribution in [0.5, 0.6) is 0 Å². The molecule has 1 saturated heterocycles. The van der Waals surface area contributed by atoms with Crippen LogP contribution >= 0.6 is 0 Å². The van der Waals surface area contributed by atoms with Crippen LogP contribution in [-0.4, -0.2) is 12.7 Å². The van der Waals surface area contributed by atoms with Gasteiger partial charge in [-0.05, 0) is 31.1 Å². The van der Waals surface area contributed by atoms with Gasteiger partial charge in [0.1, 0.15) is 0 Å². The van der Waals surface area contributed by atoms with Crippen LogP contribution < -0.4 is 0 Å². The predicted molar refractivity (Wildman–Crippen MR) is 50.0 cm³/mol. The lowest BCUT2D eigenvalue weighted by Gasteiger charge is -2.17. The first-order chi connectivity index (χ1) is 5.77. The molecule has 1 heterocycles. The lowest BCUT2D eigenvalue weighted by molar-refractivity contribution is 0.102. The molecule has 0 aromatic carbocycles. The molecule has 0 aromatic heterocycles. The summed E-state index contributed by atoms with van der Waals surface area (Å²) in [6.07, 6.45) is 6.39. The fourth-order valence-corrected chi connectivity index (χ4v) is 2.37. The molecule has 1 nitrogen and oxygen atoms in total. The van der Waals surface area contributed by atoms with Crippen molar-refractivity contribution in [2.45, 2.75) is 45.6 Å². The largest absolute Gasteiger partial charge is 0.378 e. The molecule has 70 valence electrons. The van der Waals surface area contributed by atoms with Crippen LogP contribution in [0.2, 0.25) is 0 Å². The molecule has 0 aromatic rings. The monoisotopic (exact) mass is 168 g/mol. The average molecular weight is 168 g/mol. The first-order valence-corrected chi connectivity index (χ1v) is 5.39. The summed E-state index contributed by atoms with van der Waals surface area (Å²) in [6.45, 7) is 5.57. The van der Waals surface area contributed by atoms with E-state index in [1.807, 2.05) is 0 Å². The minimum Gasteiger partial charge on any atom is -0.378 e. The summed E-state index contributed by atoms with van der Waals surface area (Å²) in [6, 6.07) is 0. The zero-order valence-corrected chi connectivity index (χ0v) is 8.25. The fraction of sp³-hybridized carbons (Fsp3) is 1.00. The van der Waals surface area contributed by atoms with Crippen molar-refractivity contribution >= 4 is 0 Å². The molecular weight excluding hydrogens is 148 g/mol. The Morgan fingerprint density at radius 1 is 1.17 bits per heavy atom. The molecule has 3 atom stereocenters. The van der Waals surface area contributed by atoms with Crippen LogP contribution in [0.4, 0.5) is 0 Å². The lowest BCUT2D eigenvalue weighted by atomic mass is 9.88. The van der Waals surface area contributed by atoms with Gasteiger partial charge in [-0.2, -0.15) is 0 Å². The van der Waals surface area contributed by atoms with Crippen molar-refractivity contribution in [1.29, 1.82) is 0 Å². The summed E-state index contributed by atoms with van der Waals surface area (Å²) >= 11 is 0. The van der Waals surface area contributed by atoms with Crippen molar-refractivity contribution in [3.63, 3.8) is 0 Å². The molecular formula is C11H20O. The van der Waals surface area contributed by atoms with Crippen LogP contribution in [0.25, 0.3) is 0 Å². The van der Waals surface area contributed by atoms with Crippen molar-refractivity contribution in [1.82, 2.24) is 0 Å². The van der Waals surface area contributed by atoms with Gasteiger partial charge in [0.25, 0.3) is 0 Å². The second-order valence-electron chi connectivity index (χ2n) is 4.70. The average Bonchev–Trinajstić information content (AvgIpc) is 2.80. The Kier molecular flexibility index (Phi) is 2.40. The molecule has 0 radical (unpaired) electrons. The Morgan fingerprint density at radius 3 is 2.42 bits per heavy atom. The normalized spacial score (nSPS) is 42.0. The third-order valence-corrected chi connectivity index (χ3v) is 3.56. The van der Waals surface area contributed by atoms with Crippen LogP contribution in [0, 0.1) is 17.8 Å². The van der Waals surface area contributed by atoms with Gasteiger partial charge in [-0.3, -0.25) is 0 Å². The third-order valence-electron chi connectivity index (χ3n) is 3.56. The molecule has 2 aliphatic rings. The topological polar surface area (TPSA) is 9.23 Å². The molecule has 1 heteroatoms. The van der Waals surface area contributed by atoms with E-state index in [1.165, 1.54) is 25.7 Å². The fourth-order valence-electron chi connectivity index (χ4n) is 2.37. The SMILES string of the molecule is CC1CO[C@@H](C)[C@H]1CCC1CC1. The Morgan fingerprint density at radius 2 is 1.92 bits per heavy atom. The second-order valence-corrected chi connectivity index (χ2v) is 4.70. The van der Waals surface area contributed by atoms with Crippen LogP contribution in [0.1, 0.15) is 39.5 Å². The summed E-state index contributed by atoms with van der Waals surface area (Å²) in [7, 11) is 0. The van der Waals surface area contributed by atoms with Crippen molar-refractivity contribution < 1.29 is 4.74 Å². The minimum atomic E-state index is 0.527. The number of ether oxygens (including phenoxy) is 1. The summed E-state index contributed by atoms with van der Waals surface area (Å²) in [5.74, 6) is 2.74. The zero-order chi connectivity index (χ0) is 8.55. The van der Waals surface area contributed by atoms with E-state index in [-0.39, 0.29) is 0 Å². The van der Waals surface area contributed by atoms with Crippen molar-refractivity contribution in [3.05, 3.63) is 0 Å². The van der Waals surface area contributed by atoms with Crippen LogP contribution in [0.15, 0.2) is 0 Å². The van der Waals surface area contributed by atoms with Gasteiger partial charge in [-0.25, -0.2) is 0 Å². The van der Waals surface area contributed by atoms with Gasteiger partial charge in [0.15, 0.2) is 0 Å². The van der Waals surface area contributed by atoms with Gasteiger partial charge < -0.3 is 4.74 Å². The zero-order valence-electron chi connectivity index (χ0n) is 8.25. The van der Waals surface area contributed by atoms with E-state index >= 15 is 0 Å². The minimum absolute atomic E-state index is 0.527. The molecule has 1 aliphatic heterocycles. The first kappa shape index (κ1) is 8.55. The van der Waals surface area contributed by atoms with E-state index in [0.29, 0.717) is 6.10 Å². The summed E-state index contributed by atoms with van der Waals surface area (Å²) in [5, 5.41) is 0. The highest BCUT2D eigenvalue weighted by molar-refractivity contribution is 4.81. The highest BCUT2D eigenvalue weighted by Crippen LogP contribution is 2.38. The Bertz CT molecular complexity index is 141. The highest BCUT2D eigenvalue weighted by Gasteiger charge is 2.32. The van der Waals surface area contributed by atoms with Crippen molar-refractivity contribution in [3.8, 4) is 0 Å². The van der Waals surface area contributed by atoms with E-state index in [2.05, 4.69) is 13.8 Å². The molecule has 2 rings (SSSR count). The lowest BCUT2D eigenvalue weighted by Crippen LogP contribution is -2.15. The molecule has 0 spiro atoms. The van der Waals surface area contributed by atoms with Crippen LogP contribution in [-0.2, 0) is 4.74 Å². The number of hydrogen-bond donors (Lipinski definition) is 0. The van der Waals surface area contributed by atoms with Crippen molar-refractivity contribution in [2.75, 3.05) is 6.61 Å². The maximum Gasteiger partial charge on any atom is 0.0578 e. The van der Waals surface area contributed by atoms with Gasteiger partial charge in [-0.1, -0.05) is 26.2 Å². The first-order valence-electron chi connectivity index (χ1n) is 5.39. The Balaban J connectivity index is 1.75. The summed E-state index contributed by atoms with van der Waals surface area (Å²) < 4.78 is 5.63. The standard InChI is InChI=1S/C11H20O/c1-8-7-12-9(2)11(8)6-5-10-3-4-10/h8-11H,3-7H2,1-2H3/t8?,9-,11-/m0/s1. The molecule has 0 N–H and O–H groups in total. The van der Waals surface area contributed by atoms with Gasteiger partial charge in [0, 0.05) is 6.61 Å². The highest BCUT2D eigenvalue weighted by atomic mass is 16.5. The summed E-state index contributed by atoms with van der Waals surface area (Å²) in [4.78, 5) is 0. The van der Waals surface area contributed by atoms with Crippen molar-refractivity contribution in [2.24, 2.45) is 17.8 Å². The van der Waals surface area contributed by atoms with E-state index in [1.54, 1.807) is 0 Å². The van der Waals surface area contributed by atoms with Gasteiger partial charge in [0.05, 0.1) is 6.10 Å². The smallest absolute Gasteiger partial charge is 0.0578 e. The molecule has 1 unspecified atom stereocenters. The third kappa shape index (κ3) is 1.82. The molecule has 12 heavy (non-hydrogen) atoms. The molecule has 1 aliphatic carbocycles. The number of hydrogen-bond acceptors (Lipinski definition) is 1. The second kappa shape index (κ2) is 3.37. The van der Waals surface area contributed by atoms with E-state index in [4.69, 9.17) is 4.74 Å². The quantitative estimate of drug-likeness (QED) is 0.629. The van der Waals surface area contributed by atoms with E-state index in [0.717, 1.165) is 24.4 Å². The van der Waals surface area contributed by atoms with E-state index < -0.39 is 0 Å². The predicted octanol–water partition coefficient (Wildman–Crippen LogP) is 2.85.